The molecule has 1 saturated heterocycles. The molecule has 2 heteroatoms. The second-order valence-electron chi connectivity index (χ2n) is 6.32. The first-order valence-electron chi connectivity index (χ1n) is 7.69. The molecule has 1 aliphatic carbocycles. The standard InChI is InChI=1S/C15H30N2/c1-4-15(11-14-5-6-14)17-9-7-12(2)16-13(3)8-10-17/h12-16H,4-11H2,1-3H3. The Balaban J connectivity index is 1.86. The zero-order chi connectivity index (χ0) is 12.3. The van der Waals surface area contributed by atoms with Crippen molar-refractivity contribution in [3.05, 3.63) is 0 Å². The van der Waals surface area contributed by atoms with E-state index in [2.05, 4.69) is 31.0 Å². The maximum atomic E-state index is 3.69. The minimum atomic E-state index is 0.686. The molecule has 2 rings (SSSR count). The maximum absolute atomic E-state index is 3.69. The molecule has 0 aromatic heterocycles. The number of hydrogen-bond acceptors (Lipinski definition) is 2. The lowest BCUT2D eigenvalue weighted by atomic mass is 10.0. The predicted octanol–water partition coefficient (Wildman–Crippen LogP) is 3.03. The van der Waals surface area contributed by atoms with E-state index in [1.807, 2.05) is 0 Å². The van der Waals surface area contributed by atoms with Gasteiger partial charge in [-0.05, 0) is 58.5 Å². The fourth-order valence-electron chi connectivity index (χ4n) is 3.16. The summed E-state index contributed by atoms with van der Waals surface area (Å²) in [6.07, 6.45) is 8.42. The van der Waals surface area contributed by atoms with E-state index in [4.69, 9.17) is 0 Å². The van der Waals surface area contributed by atoms with Crippen LogP contribution in [-0.4, -0.2) is 36.1 Å². The smallest absolute Gasteiger partial charge is 0.00952 e. The molecule has 3 unspecified atom stereocenters. The van der Waals surface area contributed by atoms with Gasteiger partial charge >= 0.3 is 0 Å². The highest BCUT2D eigenvalue weighted by molar-refractivity contribution is 4.84. The Bertz CT molecular complexity index is 213. The average molecular weight is 238 g/mol. The van der Waals surface area contributed by atoms with Crippen molar-refractivity contribution in [1.29, 1.82) is 0 Å². The molecule has 1 N–H and O–H groups in total. The van der Waals surface area contributed by atoms with E-state index < -0.39 is 0 Å². The first-order chi connectivity index (χ1) is 8.19. The maximum Gasteiger partial charge on any atom is 0.00952 e. The van der Waals surface area contributed by atoms with Gasteiger partial charge in [-0.3, -0.25) is 0 Å². The molecule has 2 nitrogen and oxygen atoms in total. The Morgan fingerprint density at radius 3 is 2.12 bits per heavy atom. The fourth-order valence-corrected chi connectivity index (χ4v) is 3.16. The molecular formula is C15H30N2. The molecule has 0 bridgehead atoms. The van der Waals surface area contributed by atoms with Gasteiger partial charge < -0.3 is 10.2 Å². The fraction of sp³-hybridized carbons (Fsp3) is 1.00. The van der Waals surface area contributed by atoms with E-state index >= 15 is 0 Å². The van der Waals surface area contributed by atoms with Crippen LogP contribution in [0.5, 0.6) is 0 Å². The third kappa shape index (κ3) is 4.26. The van der Waals surface area contributed by atoms with Crippen molar-refractivity contribution in [3.63, 3.8) is 0 Å². The van der Waals surface area contributed by atoms with Gasteiger partial charge in [0.1, 0.15) is 0 Å². The summed E-state index contributed by atoms with van der Waals surface area (Å²) in [7, 11) is 0. The van der Waals surface area contributed by atoms with E-state index in [1.165, 1.54) is 51.6 Å². The lowest BCUT2D eigenvalue weighted by molar-refractivity contribution is 0.146. The van der Waals surface area contributed by atoms with Crippen LogP contribution in [0.1, 0.15) is 59.3 Å². The van der Waals surface area contributed by atoms with Gasteiger partial charge in [0, 0.05) is 18.1 Å². The summed E-state index contributed by atoms with van der Waals surface area (Å²) in [4.78, 5) is 2.78. The first-order valence-corrected chi connectivity index (χ1v) is 7.69. The number of nitrogens with one attached hydrogen (secondary N) is 1. The lowest BCUT2D eigenvalue weighted by Crippen LogP contribution is -2.46. The normalized spacial score (nSPS) is 34.1. The average Bonchev–Trinajstić information content (AvgIpc) is 3.08. The zero-order valence-corrected chi connectivity index (χ0v) is 11.9. The molecule has 3 atom stereocenters. The quantitative estimate of drug-likeness (QED) is 0.810. The predicted molar refractivity (Wildman–Crippen MR) is 74.3 cm³/mol. The summed E-state index contributed by atoms with van der Waals surface area (Å²) in [5.41, 5.74) is 0. The molecule has 0 spiro atoms. The van der Waals surface area contributed by atoms with Gasteiger partial charge in [-0.15, -0.1) is 0 Å². The van der Waals surface area contributed by atoms with Crippen molar-refractivity contribution in [1.82, 2.24) is 10.2 Å². The zero-order valence-electron chi connectivity index (χ0n) is 11.9. The number of nitrogens with zero attached hydrogens (tertiary/aromatic N) is 1. The van der Waals surface area contributed by atoms with Crippen LogP contribution in [0.25, 0.3) is 0 Å². The van der Waals surface area contributed by atoms with Gasteiger partial charge in [0.15, 0.2) is 0 Å². The van der Waals surface area contributed by atoms with Crippen molar-refractivity contribution < 1.29 is 0 Å². The largest absolute Gasteiger partial charge is 0.312 e. The minimum Gasteiger partial charge on any atom is -0.312 e. The van der Waals surface area contributed by atoms with E-state index in [1.54, 1.807) is 0 Å². The van der Waals surface area contributed by atoms with Gasteiger partial charge in [0.25, 0.3) is 0 Å². The van der Waals surface area contributed by atoms with Crippen LogP contribution in [0.15, 0.2) is 0 Å². The second kappa shape index (κ2) is 6.19. The highest BCUT2D eigenvalue weighted by Crippen LogP contribution is 2.35. The van der Waals surface area contributed by atoms with Crippen LogP contribution in [0, 0.1) is 5.92 Å². The van der Waals surface area contributed by atoms with Crippen LogP contribution in [0.2, 0.25) is 0 Å². The molecule has 2 aliphatic rings. The van der Waals surface area contributed by atoms with Crippen molar-refractivity contribution in [2.24, 2.45) is 5.92 Å². The molecular weight excluding hydrogens is 208 g/mol. The Hall–Kier alpha value is -0.0800. The highest BCUT2D eigenvalue weighted by Gasteiger charge is 2.28. The highest BCUT2D eigenvalue weighted by atomic mass is 15.2. The van der Waals surface area contributed by atoms with E-state index in [-0.39, 0.29) is 0 Å². The first kappa shape index (κ1) is 13.4. The van der Waals surface area contributed by atoms with Crippen molar-refractivity contribution >= 4 is 0 Å². The van der Waals surface area contributed by atoms with Crippen LogP contribution in [0.4, 0.5) is 0 Å². The molecule has 1 saturated carbocycles. The van der Waals surface area contributed by atoms with Gasteiger partial charge in [0.2, 0.25) is 0 Å². The Labute approximate surface area is 107 Å². The summed E-state index contributed by atoms with van der Waals surface area (Å²) in [6.45, 7) is 9.64. The number of hydrogen-bond donors (Lipinski definition) is 1. The summed E-state index contributed by atoms with van der Waals surface area (Å²) in [6, 6.07) is 2.23. The van der Waals surface area contributed by atoms with Gasteiger partial charge in [0.05, 0.1) is 0 Å². The summed E-state index contributed by atoms with van der Waals surface area (Å²) in [5.74, 6) is 1.07. The molecule has 2 fully saturated rings. The third-order valence-electron chi connectivity index (χ3n) is 4.56. The third-order valence-corrected chi connectivity index (χ3v) is 4.56. The Kier molecular flexibility index (Phi) is 4.87. The van der Waals surface area contributed by atoms with Crippen molar-refractivity contribution in [2.45, 2.75) is 77.4 Å². The van der Waals surface area contributed by atoms with Crippen LogP contribution >= 0.6 is 0 Å². The molecule has 0 radical (unpaired) electrons. The lowest BCUT2D eigenvalue weighted by Gasteiger charge is -2.36. The van der Waals surface area contributed by atoms with Crippen molar-refractivity contribution in [2.75, 3.05) is 13.1 Å². The van der Waals surface area contributed by atoms with E-state index in [9.17, 15) is 0 Å². The van der Waals surface area contributed by atoms with Crippen LogP contribution < -0.4 is 5.32 Å². The van der Waals surface area contributed by atoms with Gasteiger partial charge in [-0.1, -0.05) is 19.8 Å². The van der Waals surface area contributed by atoms with Gasteiger partial charge in [-0.2, -0.15) is 0 Å². The Morgan fingerprint density at radius 1 is 1.06 bits per heavy atom. The molecule has 0 amide bonds. The topological polar surface area (TPSA) is 15.3 Å². The molecule has 100 valence electrons. The minimum absolute atomic E-state index is 0.686. The number of rotatable bonds is 4. The summed E-state index contributed by atoms with van der Waals surface area (Å²) >= 11 is 0. The van der Waals surface area contributed by atoms with Gasteiger partial charge in [-0.25, -0.2) is 0 Å². The molecule has 1 aliphatic heterocycles. The van der Waals surface area contributed by atoms with Crippen LogP contribution in [-0.2, 0) is 0 Å². The molecule has 0 aromatic carbocycles. The molecule has 0 aromatic rings. The van der Waals surface area contributed by atoms with Crippen molar-refractivity contribution in [3.8, 4) is 0 Å². The molecule has 17 heavy (non-hydrogen) atoms. The van der Waals surface area contributed by atoms with Crippen LogP contribution in [0.3, 0.4) is 0 Å². The Morgan fingerprint density at radius 2 is 1.65 bits per heavy atom. The SMILES string of the molecule is CCC(CC1CC1)N1CCC(C)NC(C)CC1. The summed E-state index contributed by atoms with van der Waals surface area (Å²) in [5, 5.41) is 3.69. The monoisotopic (exact) mass is 238 g/mol. The van der Waals surface area contributed by atoms with E-state index in [0.717, 1.165) is 12.0 Å². The molecule has 1 heterocycles. The summed E-state index contributed by atoms with van der Waals surface area (Å²) < 4.78 is 0. The van der Waals surface area contributed by atoms with E-state index in [0.29, 0.717) is 12.1 Å². The second-order valence-corrected chi connectivity index (χ2v) is 6.32.